The van der Waals surface area contributed by atoms with Gasteiger partial charge in [0.2, 0.25) is 0 Å². The Labute approximate surface area is 133 Å². The van der Waals surface area contributed by atoms with Crippen LogP contribution in [0.2, 0.25) is 0 Å². The van der Waals surface area contributed by atoms with Crippen molar-refractivity contribution in [2.75, 3.05) is 33.9 Å². The summed E-state index contributed by atoms with van der Waals surface area (Å²) in [7, 11) is 3.39. The largest absolute Gasteiger partial charge is 0.493 e. The molecule has 3 rings (SSSR count). The Hall–Kier alpha value is -1.26. The first-order valence-electron chi connectivity index (χ1n) is 8.22. The molecule has 1 aromatic rings. The zero-order valence-corrected chi connectivity index (χ0v) is 14.1. The lowest BCUT2D eigenvalue weighted by molar-refractivity contribution is -0.0749. The summed E-state index contributed by atoms with van der Waals surface area (Å²) >= 11 is 0. The fourth-order valence-electron chi connectivity index (χ4n) is 3.70. The average molecular weight is 305 g/mol. The van der Waals surface area contributed by atoms with Gasteiger partial charge in [-0.25, -0.2) is 0 Å². The molecule has 4 nitrogen and oxygen atoms in total. The Morgan fingerprint density at radius 3 is 2.64 bits per heavy atom. The van der Waals surface area contributed by atoms with Gasteiger partial charge >= 0.3 is 0 Å². The molecule has 1 saturated heterocycles. The molecule has 0 aliphatic carbocycles. The molecule has 2 heterocycles. The molecule has 122 valence electrons. The SMILES string of the molecule is COc1cc2c(cc1OC)C1COC(CC(C)C)CN1CC2. The van der Waals surface area contributed by atoms with E-state index < -0.39 is 0 Å². The first kappa shape index (κ1) is 15.6. The van der Waals surface area contributed by atoms with Crippen molar-refractivity contribution in [2.45, 2.75) is 38.8 Å². The lowest BCUT2D eigenvalue weighted by atomic mass is 9.90. The molecule has 2 unspecified atom stereocenters. The molecule has 4 heteroatoms. The second-order valence-corrected chi connectivity index (χ2v) is 6.75. The van der Waals surface area contributed by atoms with Crippen molar-refractivity contribution >= 4 is 0 Å². The van der Waals surface area contributed by atoms with Gasteiger partial charge in [0.05, 0.1) is 33.0 Å². The first-order valence-corrected chi connectivity index (χ1v) is 8.22. The number of hydrogen-bond acceptors (Lipinski definition) is 4. The summed E-state index contributed by atoms with van der Waals surface area (Å²) in [6, 6.07) is 4.62. The van der Waals surface area contributed by atoms with Crippen LogP contribution in [0.3, 0.4) is 0 Å². The van der Waals surface area contributed by atoms with Gasteiger partial charge in [0.1, 0.15) is 0 Å². The van der Waals surface area contributed by atoms with Crippen LogP contribution in [0.5, 0.6) is 11.5 Å². The van der Waals surface area contributed by atoms with Gasteiger partial charge in [-0.1, -0.05) is 13.8 Å². The lowest BCUT2D eigenvalue weighted by Crippen LogP contribution is -2.48. The summed E-state index contributed by atoms with van der Waals surface area (Å²) in [5.41, 5.74) is 2.71. The van der Waals surface area contributed by atoms with E-state index in [4.69, 9.17) is 14.2 Å². The topological polar surface area (TPSA) is 30.9 Å². The Morgan fingerprint density at radius 2 is 1.95 bits per heavy atom. The van der Waals surface area contributed by atoms with Crippen LogP contribution in [-0.2, 0) is 11.2 Å². The smallest absolute Gasteiger partial charge is 0.161 e. The molecule has 0 spiro atoms. The fraction of sp³-hybridized carbons (Fsp3) is 0.667. The molecule has 2 aliphatic heterocycles. The Bertz CT molecular complexity index is 529. The quantitative estimate of drug-likeness (QED) is 0.855. The van der Waals surface area contributed by atoms with Gasteiger partial charge in [0.15, 0.2) is 11.5 Å². The second-order valence-electron chi connectivity index (χ2n) is 6.75. The van der Waals surface area contributed by atoms with E-state index in [0.29, 0.717) is 18.1 Å². The summed E-state index contributed by atoms with van der Waals surface area (Å²) < 4.78 is 17.0. The van der Waals surface area contributed by atoms with Crippen molar-refractivity contribution in [3.63, 3.8) is 0 Å². The minimum atomic E-state index is 0.354. The number of fused-ring (bicyclic) bond motifs is 3. The number of morpholine rings is 1. The Kier molecular flexibility index (Phi) is 4.59. The highest BCUT2D eigenvalue weighted by molar-refractivity contribution is 5.49. The van der Waals surface area contributed by atoms with Crippen LogP contribution in [0.25, 0.3) is 0 Å². The summed E-state index contributed by atoms with van der Waals surface area (Å²) in [5.74, 6) is 2.32. The van der Waals surface area contributed by atoms with E-state index in [0.717, 1.165) is 44.0 Å². The zero-order chi connectivity index (χ0) is 15.7. The van der Waals surface area contributed by atoms with Gasteiger partial charge in [-0.05, 0) is 42.0 Å². The highest BCUT2D eigenvalue weighted by Crippen LogP contribution is 2.39. The van der Waals surface area contributed by atoms with Crippen LogP contribution in [0, 0.1) is 5.92 Å². The highest BCUT2D eigenvalue weighted by atomic mass is 16.5. The van der Waals surface area contributed by atoms with Gasteiger partial charge in [-0.3, -0.25) is 4.90 Å². The Morgan fingerprint density at radius 1 is 1.23 bits per heavy atom. The number of ether oxygens (including phenoxy) is 3. The molecular formula is C18H27NO3. The maximum Gasteiger partial charge on any atom is 0.161 e. The standard InChI is InChI=1S/C18H27NO3/c1-12(2)7-14-10-19-6-5-13-8-17(20-3)18(21-4)9-15(13)16(19)11-22-14/h8-9,12,14,16H,5-7,10-11H2,1-4H3. The molecule has 0 saturated carbocycles. The van der Waals surface area contributed by atoms with Gasteiger partial charge < -0.3 is 14.2 Å². The maximum atomic E-state index is 6.13. The van der Waals surface area contributed by atoms with Gasteiger partial charge in [-0.15, -0.1) is 0 Å². The molecule has 1 aromatic carbocycles. The lowest BCUT2D eigenvalue weighted by Gasteiger charge is -2.44. The van der Waals surface area contributed by atoms with Crippen LogP contribution >= 0.6 is 0 Å². The minimum absolute atomic E-state index is 0.354. The maximum absolute atomic E-state index is 6.13. The number of methoxy groups -OCH3 is 2. The molecule has 2 aliphatic rings. The van der Waals surface area contributed by atoms with Crippen molar-refractivity contribution in [3.05, 3.63) is 23.3 Å². The summed E-state index contributed by atoms with van der Waals surface area (Å²) in [6.07, 6.45) is 2.58. The van der Waals surface area contributed by atoms with Crippen molar-refractivity contribution in [1.29, 1.82) is 0 Å². The van der Waals surface area contributed by atoms with Gasteiger partial charge in [-0.2, -0.15) is 0 Å². The van der Waals surface area contributed by atoms with E-state index in [1.807, 2.05) is 0 Å². The Balaban J connectivity index is 1.82. The van der Waals surface area contributed by atoms with Crippen LogP contribution in [-0.4, -0.2) is 44.9 Å². The predicted octanol–water partition coefficient (Wildman–Crippen LogP) is 3.05. The van der Waals surface area contributed by atoms with E-state index in [2.05, 4.69) is 30.9 Å². The van der Waals surface area contributed by atoms with E-state index in [9.17, 15) is 0 Å². The summed E-state index contributed by atoms with van der Waals surface area (Å²) in [5, 5.41) is 0. The molecule has 0 radical (unpaired) electrons. The first-order chi connectivity index (χ1) is 10.6. The van der Waals surface area contributed by atoms with E-state index in [1.54, 1.807) is 14.2 Å². The van der Waals surface area contributed by atoms with E-state index in [1.165, 1.54) is 11.1 Å². The third kappa shape index (κ3) is 2.95. The molecule has 1 fully saturated rings. The van der Waals surface area contributed by atoms with Crippen LogP contribution in [0.4, 0.5) is 0 Å². The molecule has 0 aromatic heterocycles. The van der Waals surface area contributed by atoms with Crippen LogP contribution in [0.15, 0.2) is 12.1 Å². The molecule has 22 heavy (non-hydrogen) atoms. The zero-order valence-electron chi connectivity index (χ0n) is 14.1. The number of rotatable bonds is 4. The number of hydrogen-bond donors (Lipinski definition) is 0. The molecule has 0 bridgehead atoms. The molecule has 0 amide bonds. The third-order valence-corrected chi connectivity index (χ3v) is 4.78. The van der Waals surface area contributed by atoms with Crippen molar-refractivity contribution in [1.82, 2.24) is 4.90 Å². The van der Waals surface area contributed by atoms with Gasteiger partial charge in [0.25, 0.3) is 0 Å². The van der Waals surface area contributed by atoms with Crippen molar-refractivity contribution in [2.24, 2.45) is 5.92 Å². The minimum Gasteiger partial charge on any atom is -0.493 e. The predicted molar refractivity (Wildman–Crippen MR) is 86.8 cm³/mol. The van der Waals surface area contributed by atoms with Crippen molar-refractivity contribution < 1.29 is 14.2 Å². The molecular weight excluding hydrogens is 278 g/mol. The molecule has 2 atom stereocenters. The average Bonchev–Trinajstić information content (AvgIpc) is 2.52. The monoisotopic (exact) mass is 305 g/mol. The second kappa shape index (κ2) is 6.47. The van der Waals surface area contributed by atoms with Gasteiger partial charge in [0, 0.05) is 13.1 Å². The fourth-order valence-corrected chi connectivity index (χ4v) is 3.70. The number of benzene rings is 1. The number of nitrogens with zero attached hydrogens (tertiary/aromatic N) is 1. The van der Waals surface area contributed by atoms with E-state index >= 15 is 0 Å². The summed E-state index contributed by atoms with van der Waals surface area (Å²) in [4.78, 5) is 2.57. The van der Waals surface area contributed by atoms with E-state index in [-0.39, 0.29) is 0 Å². The van der Waals surface area contributed by atoms with Crippen LogP contribution < -0.4 is 9.47 Å². The highest BCUT2D eigenvalue weighted by Gasteiger charge is 2.34. The third-order valence-electron chi connectivity index (χ3n) is 4.78. The normalized spacial score (nSPS) is 24.8. The van der Waals surface area contributed by atoms with Crippen molar-refractivity contribution in [3.8, 4) is 11.5 Å². The summed E-state index contributed by atoms with van der Waals surface area (Å²) in [6.45, 7) is 7.44. The van der Waals surface area contributed by atoms with Crippen LogP contribution in [0.1, 0.15) is 37.4 Å². The molecule has 0 N–H and O–H groups in total.